The van der Waals surface area contributed by atoms with Gasteiger partial charge >= 0.3 is 0 Å². The Labute approximate surface area is 93.8 Å². The third-order valence-electron chi connectivity index (χ3n) is 2.59. The summed E-state index contributed by atoms with van der Waals surface area (Å²) in [6, 6.07) is 0. The van der Waals surface area contributed by atoms with Gasteiger partial charge in [0, 0.05) is 18.0 Å². The van der Waals surface area contributed by atoms with Crippen LogP contribution in [-0.4, -0.2) is 35.5 Å². The van der Waals surface area contributed by atoms with Gasteiger partial charge in [0.15, 0.2) is 0 Å². The minimum atomic E-state index is 0.0131. The number of hydrogen-bond acceptors (Lipinski definition) is 3. The summed E-state index contributed by atoms with van der Waals surface area (Å²) in [6.07, 6.45) is 3.05. The summed E-state index contributed by atoms with van der Waals surface area (Å²) in [4.78, 5) is 15.1. The van der Waals surface area contributed by atoms with Crippen LogP contribution in [0, 0.1) is 5.92 Å². The molecular formula is C9H16N4OS. The Hall–Kier alpha value is -0.870. The fraction of sp³-hybridized carbons (Fsp3) is 0.889. The van der Waals surface area contributed by atoms with Gasteiger partial charge in [-0.15, -0.1) is 0 Å². The number of thioether (sulfide) groups is 1. The third-order valence-corrected chi connectivity index (χ3v) is 3.83. The number of nitrogens with zero attached hydrogens (tertiary/aromatic N) is 4. The van der Waals surface area contributed by atoms with Crippen molar-refractivity contribution in [2.75, 3.05) is 18.8 Å². The Kier molecular flexibility index (Phi) is 5.36. The molecule has 1 aliphatic rings. The van der Waals surface area contributed by atoms with Crippen LogP contribution < -0.4 is 0 Å². The van der Waals surface area contributed by atoms with Crippen LogP contribution in [-0.2, 0) is 4.79 Å². The molecule has 6 heteroatoms. The number of amides is 1. The van der Waals surface area contributed by atoms with Gasteiger partial charge in [-0.05, 0) is 37.0 Å². The molecule has 1 saturated heterocycles. The molecule has 1 amide bonds. The molecule has 0 aromatic heterocycles. The highest BCUT2D eigenvalue weighted by Crippen LogP contribution is 2.23. The highest BCUT2D eigenvalue weighted by molar-refractivity contribution is 7.99. The van der Waals surface area contributed by atoms with Gasteiger partial charge in [0.05, 0.1) is 5.37 Å². The number of likely N-dealkylation sites (tertiary alicyclic amines) is 1. The van der Waals surface area contributed by atoms with Gasteiger partial charge in [-0.1, -0.05) is 5.11 Å². The molecule has 1 aliphatic heterocycles. The standard InChI is InChI=1S/C9H16N4OS/c1-8(11-12-10)15-6-9-2-4-13(7-14)5-3-9/h7-9H,2-6H2,1H3. The molecule has 0 aromatic carbocycles. The number of piperidine rings is 1. The van der Waals surface area contributed by atoms with E-state index in [1.165, 1.54) is 0 Å². The molecule has 0 saturated carbocycles. The van der Waals surface area contributed by atoms with Crippen molar-refractivity contribution in [2.24, 2.45) is 11.0 Å². The summed E-state index contributed by atoms with van der Waals surface area (Å²) in [5.41, 5.74) is 8.24. The second-order valence-electron chi connectivity index (χ2n) is 3.72. The lowest BCUT2D eigenvalue weighted by Gasteiger charge is -2.29. The van der Waals surface area contributed by atoms with Crippen molar-refractivity contribution in [2.45, 2.75) is 25.1 Å². The van der Waals surface area contributed by atoms with E-state index >= 15 is 0 Å². The summed E-state index contributed by atoms with van der Waals surface area (Å²) in [5.74, 6) is 1.68. The Morgan fingerprint density at radius 3 is 2.87 bits per heavy atom. The Balaban J connectivity index is 2.18. The molecule has 1 heterocycles. The van der Waals surface area contributed by atoms with Crippen molar-refractivity contribution < 1.29 is 4.79 Å². The van der Waals surface area contributed by atoms with Crippen LogP contribution >= 0.6 is 11.8 Å². The zero-order chi connectivity index (χ0) is 11.1. The van der Waals surface area contributed by atoms with Gasteiger partial charge in [0.1, 0.15) is 0 Å². The van der Waals surface area contributed by atoms with Gasteiger partial charge in [-0.2, -0.15) is 11.8 Å². The number of carbonyl (C=O) groups excluding carboxylic acids is 1. The maximum atomic E-state index is 10.5. The van der Waals surface area contributed by atoms with Gasteiger partial charge < -0.3 is 4.90 Å². The van der Waals surface area contributed by atoms with Crippen LogP contribution in [0.2, 0.25) is 0 Å². The summed E-state index contributed by atoms with van der Waals surface area (Å²) in [5, 5.41) is 3.63. The first kappa shape index (κ1) is 12.2. The third kappa shape index (κ3) is 4.44. The normalized spacial score (nSPS) is 19.4. The lowest BCUT2D eigenvalue weighted by molar-refractivity contribution is -0.119. The molecular weight excluding hydrogens is 212 g/mol. The molecule has 0 aromatic rings. The Morgan fingerprint density at radius 1 is 1.67 bits per heavy atom. The number of rotatable bonds is 5. The SMILES string of the molecule is CC(N=[N+]=[N-])SCC1CCN(C=O)CC1. The topological polar surface area (TPSA) is 69.1 Å². The average molecular weight is 228 g/mol. The van der Waals surface area contributed by atoms with E-state index in [0.717, 1.165) is 38.1 Å². The Morgan fingerprint density at radius 2 is 2.33 bits per heavy atom. The van der Waals surface area contributed by atoms with Crippen LogP contribution in [0.5, 0.6) is 0 Å². The van der Waals surface area contributed by atoms with Gasteiger partial charge in [-0.25, -0.2) is 0 Å². The van der Waals surface area contributed by atoms with Crippen molar-refractivity contribution >= 4 is 18.2 Å². The molecule has 84 valence electrons. The van der Waals surface area contributed by atoms with Crippen molar-refractivity contribution in [3.63, 3.8) is 0 Å². The monoisotopic (exact) mass is 228 g/mol. The first-order chi connectivity index (χ1) is 7.26. The van der Waals surface area contributed by atoms with Crippen LogP contribution in [0.3, 0.4) is 0 Å². The number of hydrogen-bond donors (Lipinski definition) is 0. The quantitative estimate of drug-likeness (QED) is 0.313. The summed E-state index contributed by atoms with van der Waals surface area (Å²) >= 11 is 1.69. The van der Waals surface area contributed by atoms with Gasteiger partial charge in [-0.3, -0.25) is 4.79 Å². The minimum absolute atomic E-state index is 0.0131. The zero-order valence-corrected chi connectivity index (χ0v) is 9.69. The lowest BCUT2D eigenvalue weighted by atomic mass is 10.00. The first-order valence-corrected chi connectivity index (χ1v) is 6.16. The van der Waals surface area contributed by atoms with Crippen molar-refractivity contribution in [3.05, 3.63) is 10.4 Å². The fourth-order valence-corrected chi connectivity index (χ4v) is 2.60. The molecule has 0 radical (unpaired) electrons. The zero-order valence-electron chi connectivity index (χ0n) is 8.87. The van der Waals surface area contributed by atoms with Gasteiger partial charge in [0.25, 0.3) is 0 Å². The maximum Gasteiger partial charge on any atom is 0.209 e. The summed E-state index contributed by atoms with van der Waals surface area (Å²) in [7, 11) is 0. The molecule has 0 N–H and O–H groups in total. The molecule has 15 heavy (non-hydrogen) atoms. The number of azide groups is 1. The van der Waals surface area contributed by atoms with E-state index in [1.807, 2.05) is 11.8 Å². The summed E-state index contributed by atoms with van der Waals surface area (Å²) < 4.78 is 0. The molecule has 5 nitrogen and oxygen atoms in total. The van der Waals surface area contributed by atoms with Crippen LogP contribution in [0.25, 0.3) is 10.4 Å². The molecule has 0 spiro atoms. The van der Waals surface area contributed by atoms with Crippen LogP contribution in [0.1, 0.15) is 19.8 Å². The molecule has 1 fully saturated rings. The van der Waals surface area contributed by atoms with E-state index in [1.54, 1.807) is 11.8 Å². The van der Waals surface area contributed by atoms with Crippen molar-refractivity contribution in [1.82, 2.24) is 4.90 Å². The summed E-state index contributed by atoms with van der Waals surface area (Å²) in [6.45, 7) is 3.64. The molecule has 1 unspecified atom stereocenters. The molecule has 0 bridgehead atoms. The molecule has 0 aliphatic carbocycles. The smallest absolute Gasteiger partial charge is 0.209 e. The number of carbonyl (C=O) groups is 1. The van der Waals surface area contributed by atoms with E-state index in [-0.39, 0.29) is 5.37 Å². The largest absolute Gasteiger partial charge is 0.345 e. The van der Waals surface area contributed by atoms with E-state index < -0.39 is 0 Å². The molecule has 1 rings (SSSR count). The highest BCUT2D eigenvalue weighted by Gasteiger charge is 2.18. The Bertz CT molecular complexity index is 246. The fourth-order valence-electron chi connectivity index (χ4n) is 1.61. The van der Waals surface area contributed by atoms with E-state index in [2.05, 4.69) is 10.0 Å². The van der Waals surface area contributed by atoms with Crippen LogP contribution in [0.15, 0.2) is 5.11 Å². The second-order valence-corrected chi connectivity index (χ2v) is 5.07. The van der Waals surface area contributed by atoms with Crippen LogP contribution in [0.4, 0.5) is 0 Å². The average Bonchev–Trinajstić information content (AvgIpc) is 2.27. The van der Waals surface area contributed by atoms with Gasteiger partial charge in [0.2, 0.25) is 6.41 Å². The minimum Gasteiger partial charge on any atom is -0.345 e. The van der Waals surface area contributed by atoms with Crippen molar-refractivity contribution in [3.8, 4) is 0 Å². The predicted molar refractivity (Wildman–Crippen MR) is 61.4 cm³/mol. The van der Waals surface area contributed by atoms with E-state index in [0.29, 0.717) is 5.92 Å². The first-order valence-electron chi connectivity index (χ1n) is 5.11. The van der Waals surface area contributed by atoms with E-state index in [4.69, 9.17) is 5.53 Å². The van der Waals surface area contributed by atoms with E-state index in [9.17, 15) is 4.79 Å². The predicted octanol–water partition coefficient (Wildman–Crippen LogP) is 2.24. The maximum absolute atomic E-state index is 10.5. The lowest BCUT2D eigenvalue weighted by Crippen LogP contribution is -2.33. The second kappa shape index (κ2) is 6.58. The highest BCUT2D eigenvalue weighted by atomic mass is 32.2. The van der Waals surface area contributed by atoms with Crippen molar-refractivity contribution in [1.29, 1.82) is 0 Å². The molecule has 1 atom stereocenters.